The average Bonchev–Trinajstić information content (AvgIpc) is 2.79. The van der Waals surface area contributed by atoms with Crippen molar-refractivity contribution in [3.05, 3.63) is 64.2 Å². The molecule has 2 atom stereocenters. The largest absolute Gasteiger partial charge is 0.413 e. The van der Waals surface area contributed by atoms with Gasteiger partial charge in [0.15, 0.2) is 8.32 Å². The van der Waals surface area contributed by atoms with Crippen LogP contribution in [0.15, 0.2) is 42.5 Å². The van der Waals surface area contributed by atoms with E-state index in [2.05, 4.69) is 50.0 Å². The van der Waals surface area contributed by atoms with Crippen LogP contribution in [0.5, 0.6) is 0 Å². The van der Waals surface area contributed by atoms with Crippen molar-refractivity contribution in [1.82, 2.24) is 10.9 Å². The molecular weight excluding hydrogens is 484 g/mol. The molecule has 0 radical (unpaired) electrons. The molecule has 8 nitrogen and oxygen atoms in total. The fourth-order valence-corrected chi connectivity index (χ4v) is 3.96. The van der Waals surface area contributed by atoms with Crippen LogP contribution in [0.1, 0.15) is 49.2 Å². The monoisotopic (exact) mass is 516 g/mol. The number of hydrogen-bond donors (Lipinski definition) is 4. The molecule has 0 aliphatic carbocycles. The Kier molecular flexibility index (Phi) is 9.46. The molecule has 0 aliphatic rings. The normalized spacial score (nSPS) is 13.3. The van der Waals surface area contributed by atoms with Gasteiger partial charge >= 0.3 is 0 Å². The van der Waals surface area contributed by atoms with Crippen molar-refractivity contribution in [2.45, 2.75) is 64.6 Å². The number of nitrogens with zero attached hydrogens (tertiary/aromatic N) is 1. The third kappa shape index (κ3) is 7.80. The van der Waals surface area contributed by atoms with E-state index >= 15 is 0 Å². The quantitative estimate of drug-likeness (QED) is 0.305. The summed E-state index contributed by atoms with van der Waals surface area (Å²) >= 11 is 6.03. The van der Waals surface area contributed by atoms with Crippen molar-refractivity contribution in [3.63, 3.8) is 0 Å². The van der Waals surface area contributed by atoms with Crippen molar-refractivity contribution in [3.8, 4) is 6.07 Å². The summed E-state index contributed by atoms with van der Waals surface area (Å²) in [5.74, 6) is -1.14. The molecule has 2 amide bonds. The smallest absolute Gasteiger partial charge is 0.269 e. The van der Waals surface area contributed by atoms with Crippen LogP contribution >= 0.6 is 11.6 Å². The Labute approximate surface area is 212 Å². The van der Waals surface area contributed by atoms with Gasteiger partial charge in [-0.3, -0.25) is 20.4 Å². The minimum atomic E-state index is -1.88. The van der Waals surface area contributed by atoms with Gasteiger partial charge in [0.1, 0.15) is 12.1 Å². The number of benzene rings is 2. The van der Waals surface area contributed by atoms with Crippen LogP contribution in [-0.2, 0) is 15.8 Å². The highest BCUT2D eigenvalue weighted by molar-refractivity contribution is 6.74. The number of rotatable bonds is 8. The Balaban J connectivity index is 1.95. The van der Waals surface area contributed by atoms with E-state index in [1.165, 1.54) is 19.1 Å². The number of carbonyl (C=O) groups excluding carboxylic acids is 2. The summed E-state index contributed by atoms with van der Waals surface area (Å²) < 4.78 is 6.20. The number of halogens is 1. The van der Waals surface area contributed by atoms with Gasteiger partial charge < -0.3 is 14.8 Å². The standard InChI is InChI=1S/C25H33ClN4O4Si/c1-16(31)22(28-20-12-11-19(14-27)21(26)13-20)24(33)30-29-23(32)18-9-7-17(8-10-18)15-34-35(5,6)25(2,3)4/h7-13,16,22,28,31H,15H2,1-6H3,(H,29,32)(H,30,33). The van der Waals surface area contributed by atoms with Crippen molar-refractivity contribution in [1.29, 1.82) is 5.26 Å². The number of nitrogens with one attached hydrogen (secondary N) is 3. The Bertz CT molecular complexity index is 1090. The second-order valence-electron chi connectivity index (χ2n) is 9.86. The number of carbonyl (C=O) groups is 2. The summed E-state index contributed by atoms with van der Waals surface area (Å²) in [4.78, 5) is 25.1. The number of amides is 2. The lowest BCUT2D eigenvalue weighted by Gasteiger charge is -2.36. The number of hydrazine groups is 1. The first kappa shape index (κ1) is 28.3. The van der Waals surface area contributed by atoms with Crippen molar-refractivity contribution < 1.29 is 19.1 Å². The molecule has 35 heavy (non-hydrogen) atoms. The zero-order chi connectivity index (χ0) is 26.4. The van der Waals surface area contributed by atoms with E-state index in [1.807, 2.05) is 18.2 Å². The number of aliphatic hydroxyl groups is 1. The first-order chi connectivity index (χ1) is 16.2. The molecule has 0 heterocycles. The predicted molar refractivity (Wildman–Crippen MR) is 139 cm³/mol. The van der Waals surface area contributed by atoms with E-state index in [0.29, 0.717) is 23.4 Å². The number of hydrogen-bond acceptors (Lipinski definition) is 6. The minimum absolute atomic E-state index is 0.107. The van der Waals surface area contributed by atoms with Gasteiger partial charge in [0.05, 0.1) is 23.3 Å². The van der Waals surface area contributed by atoms with Crippen molar-refractivity contribution in [2.75, 3.05) is 5.32 Å². The molecule has 4 N–H and O–H groups in total. The molecule has 2 unspecified atom stereocenters. The summed E-state index contributed by atoms with van der Waals surface area (Å²) in [6, 6.07) is 12.4. The second kappa shape index (κ2) is 11.7. The molecule has 2 rings (SSSR count). The molecular formula is C25H33ClN4O4Si. The maximum Gasteiger partial charge on any atom is 0.269 e. The van der Waals surface area contributed by atoms with Crippen LogP contribution in [0.4, 0.5) is 5.69 Å². The van der Waals surface area contributed by atoms with Gasteiger partial charge in [0, 0.05) is 11.3 Å². The minimum Gasteiger partial charge on any atom is -0.413 e. The van der Waals surface area contributed by atoms with Gasteiger partial charge in [0.25, 0.3) is 11.8 Å². The zero-order valence-corrected chi connectivity index (χ0v) is 22.7. The van der Waals surface area contributed by atoms with Crippen LogP contribution in [0, 0.1) is 11.3 Å². The van der Waals surface area contributed by atoms with Crippen molar-refractivity contribution in [2.24, 2.45) is 0 Å². The first-order valence-corrected chi connectivity index (χ1v) is 14.5. The molecule has 0 fully saturated rings. The molecule has 0 bridgehead atoms. The second-order valence-corrected chi connectivity index (χ2v) is 15.1. The van der Waals surface area contributed by atoms with E-state index < -0.39 is 32.3 Å². The van der Waals surface area contributed by atoms with Gasteiger partial charge in [-0.2, -0.15) is 5.26 Å². The van der Waals surface area contributed by atoms with Crippen LogP contribution in [0.2, 0.25) is 23.2 Å². The summed E-state index contributed by atoms with van der Waals surface area (Å²) in [7, 11) is -1.88. The van der Waals surface area contributed by atoms with Crippen molar-refractivity contribution >= 4 is 37.4 Å². The lowest BCUT2D eigenvalue weighted by Crippen LogP contribution is -2.52. The molecule has 0 aromatic heterocycles. The summed E-state index contributed by atoms with van der Waals surface area (Å²) in [5.41, 5.74) is 6.74. The van der Waals surface area contributed by atoms with E-state index in [0.717, 1.165) is 5.56 Å². The molecule has 0 saturated carbocycles. The number of nitriles is 1. The van der Waals surface area contributed by atoms with Gasteiger partial charge in [0.2, 0.25) is 0 Å². The number of anilines is 1. The Morgan fingerprint density at radius 1 is 1.14 bits per heavy atom. The summed E-state index contributed by atoms with van der Waals surface area (Å²) in [6.45, 7) is 12.8. The SMILES string of the molecule is CC(O)C(Nc1ccc(C#N)c(Cl)c1)C(=O)NNC(=O)c1ccc(CO[Si](C)(C)C(C)(C)C)cc1. The Hall–Kier alpha value is -2.90. The van der Waals surface area contributed by atoms with E-state index in [1.54, 1.807) is 18.2 Å². The number of aliphatic hydroxyl groups excluding tert-OH is 1. The van der Waals surface area contributed by atoms with Gasteiger partial charge in [-0.25, -0.2) is 0 Å². The van der Waals surface area contributed by atoms with Crippen LogP contribution in [-0.4, -0.2) is 37.4 Å². The molecule has 10 heteroatoms. The topological polar surface area (TPSA) is 123 Å². The highest BCUT2D eigenvalue weighted by Crippen LogP contribution is 2.37. The van der Waals surface area contributed by atoms with E-state index in [4.69, 9.17) is 21.3 Å². The lowest BCUT2D eigenvalue weighted by atomic mass is 10.1. The lowest BCUT2D eigenvalue weighted by molar-refractivity contribution is -0.124. The third-order valence-corrected chi connectivity index (χ3v) is 10.9. The van der Waals surface area contributed by atoms with Crippen LogP contribution < -0.4 is 16.2 Å². The highest BCUT2D eigenvalue weighted by atomic mass is 35.5. The molecule has 0 spiro atoms. The highest BCUT2D eigenvalue weighted by Gasteiger charge is 2.37. The summed E-state index contributed by atoms with van der Waals surface area (Å²) in [5, 5.41) is 22.2. The third-order valence-electron chi connectivity index (χ3n) is 6.10. The van der Waals surface area contributed by atoms with Gasteiger partial charge in [-0.1, -0.05) is 44.5 Å². The van der Waals surface area contributed by atoms with E-state index in [-0.39, 0.29) is 10.1 Å². The summed E-state index contributed by atoms with van der Waals surface area (Å²) in [6.07, 6.45) is -1.08. The van der Waals surface area contributed by atoms with Gasteiger partial charge in [-0.15, -0.1) is 0 Å². The molecule has 2 aromatic rings. The maximum atomic E-state index is 12.6. The fourth-order valence-electron chi connectivity index (χ4n) is 2.78. The average molecular weight is 517 g/mol. The van der Waals surface area contributed by atoms with E-state index in [9.17, 15) is 14.7 Å². The molecule has 0 saturated heterocycles. The Morgan fingerprint density at radius 3 is 2.29 bits per heavy atom. The molecule has 188 valence electrons. The molecule has 0 aliphatic heterocycles. The maximum absolute atomic E-state index is 12.6. The predicted octanol–water partition coefficient (Wildman–Crippen LogP) is 4.36. The van der Waals surface area contributed by atoms with Gasteiger partial charge in [-0.05, 0) is 61.0 Å². The zero-order valence-electron chi connectivity index (χ0n) is 20.9. The first-order valence-electron chi connectivity index (χ1n) is 11.2. The van der Waals surface area contributed by atoms with Crippen LogP contribution in [0.25, 0.3) is 0 Å². The Morgan fingerprint density at radius 2 is 1.77 bits per heavy atom. The van der Waals surface area contributed by atoms with Crippen LogP contribution in [0.3, 0.4) is 0 Å². The fraction of sp³-hybridized carbons (Fsp3) is 0.400. The molecule has 2 aromatic carbocycles.